The summed E-state index contributed by atoms with van der Waals surface area (Å²) in [5, 5.41) is 42.0. The second kappa shape index (κ2) is 20.3. The van der Waals surface area contributed by atoms with Crippen LogP contribution in [0.25, 0.3) is 0 Å². The average molecular weight is 835 g/mol. The van der Waals surface area contributed by atoms with Gasteiger partial charge in [0, 0.05) is 63.1 Å². The highest BCUT2D eigenvalue weighted by Crippen LogP contribution is 2.61. The lowest BCUT2D eigenvalue weighted by atomic mass is 9.45. The predicted molar refractivity (Wildman–Crippen MR) is 227 cm³/mol. The monoisotopic (exact) mass is 835 g/mol. The van der Waals surface area contributed by atoms with Gasteiger partial charge in [0.25, 0.3) is 0 Å². The van der Waals surface area contributed by atoms with Gasteiger partial charge in [-0.2, -0.15) is 10.6 Å². The molecule has 15 nitrogen and oxygen atoms in total. The van der Waals surface area contributed by atoms with E-state index >= 15 is 0 Å². The first-order valence-corrected chi connectivity index (χ1v) is 23.2. The number of nitrogens with one attached hydrogen (secondary N) is 4. The molecule has 16 atom stereocenters. The molecule has 7 aliphatic rings. The van der Waals surface area contributed by atoms with Crippen molar-refractivity contribution in [2.45, 2.75) is 141 Å². The zero-order chi connectivity index (χ0) is 42.8. The molecule has 59 heavy (non-hydrogen) atoms. The summed E-state index contributed by atoms with van der Waals surface area (Å²) in [6.45, 7) is 17.0. The molecule has 2 amide bonds. The van der Waals surface area contributed by atoms with Crippen LogP contribution in [0.5, 0.6) is 0 Å². The van der Waals surface area contributed by atoms with Crippen LogP contribution in [0.4, 0.5) is 0 Å². The molecule has 0 spiro atoms. The second-order valence-corrected chi connectivity index (χ2v) is 20.3. The Labute approximate surface area is 354 Å². The SMILES string of the molecule is CCN(CC)C[C@@H](CN1CC(CO)NN1)NC(=O)C1CC(C2CCCC(CN3O[C@@H](CO)[C@@H]([C@H](C)O)[C@H]3C(=O)N[C@H]3C[C@H]4C[C@@H]([C@@H]3C)C4(C)C)C2OC)CC(N(C)C)C1. The molecule has 7 rings (SSSR count). The van der Waals surface area contributed by atoms with Crippen molar-refractivity contribution in [3.8, 4) is 0 Å². The van der Waals surface area contributed by atoms with Crippen LogP contribution in [0, 0.1) is 52.8 Å². The molecule has 2 heterocycles. The quantitative estimate of drug-likeness (QED) is 0.106. The number of nitrogens with zero attached hydrogens (tertiary/aromatic N) is 4. The van der Waals surface area contributed by atoms with E-state index in [1.54, 1.807) is 19.1 Å². The highest BCUT2D eigenvalue weighted by Gasteiger charge is 2.58. The molecule has 7 fully saturated rings. The Balaban J connectivity index is 1.16. The molecule has 2 saturated heterocycles. The second-order valence-electron chi connectivity index (χ2n) is 20.3. The maximum Gasteiger partial charge on any atom is 0.240 e. The lowest BCUT2D eigenvalue weighted by Gasteiger charge is -2.62. The van der Waals surface area contributed by atoms with Crippen LogP contribution in [-0.2, 0) is 19.2 Å². The molecule has 7 unspecified atom stereocenters. The number of rotatable bonds is 18. The van der Waals surface area contributed by atoms with Crippen molar-refractivity contribution < 1.29 is 34.5 Å². The smallest absolute Gasteiger partial charge is 0.240 e. The van der Waals surface area contributed by atoms with Gasteiger partial charge in [0.2, 0.25) is 11.8 Å². The van der Waals surface area contributed by atoms with Crippen molar-refractivity contribution in [1.82, 2.24) is 41.5 Å². The van der Waals surface area contributed by atoms with Crippen LogP contribution < -0.4 is 21.6 Å². The van der Waals surface area contributed by atoms with E-state index in [0.29, 0.717) is 42.8 Å². The van der Waals surface area contributed by atoms with Gasteiger partial charge in [-0.1, -0.05) is 41.0 Å². The minimum Gasteiger partial charge on any atom is -0.395 e. The minimum atomic E-state index is -0.845. The first-order chi connectivity index (χ1) is 28.1. The average Bonchev–Trinajstić information content (AvgIpc) is 3.84. The van der Waals surface area contributed by atoms with Gasteiger partial charge in [0.05, 0.1) is 37.5 Å². The van der Waals surface area contributed by atoms with Crippen molar-refractivity contribution >= 4 is 11.8 Å². The molecule has 0 aromatic rings. The number of ether oxygens (including phenoxy) is 1. The first kappa shape index (κ1) is 47.0. The topological polar surface area (TPSA) is 174 Å². The number of methoxy groups -OCH3 is 1. The van der Waals surface area contributed by atoms with Crippen molar-refractivity contribution in [2.24, 2.45) is 52.8 Å². The summed E-state index contributed by atoms with van der Waals surface area (Å²) >= 11 is 0. The van der Waals surface area contributed by atoms with Gasteiger partial charge >= 0.3 is 0 Å². The van der Waals surface area contributed by atoms with Crippen LogP contribution >= 0.6 is 0 Å². The van der Waals surface area contributed by atoms with E-state index in [4.69, 9.17) is 9.57 Å². The zero-order valence-corrected chi connectivity index (χ0v) is 37.8. The Hall–Kier alpha value is -1.50. The minimum absolute atomic E-state index is 0.0438. The lowest BCUT2D eigenvalue weighted by molar-refractivity contribution is -0.193. The molecule has 5 saturated carbocycles. The van der Waals surface area contributed by atoms with Gasteiger partial charge in [-0.25, -0.2) is 10.4 Å². The van der Waals surface area contributed by atoms with Gasteiger partial charge in [-0.3, -0.25) is 14.4 Å². The maximum absolute atomic E-state index is 14.4. The number of aliphatic hydroxyl groups excluding tert-OH is 3. The Kier molecular flexibility index (Phi) is 16.2. The molecular formula is C44H82N8O7. The number of aliphatic hydroxyl groups is 3. The molecule has 5 aliphatic carbocycles. The van der Waals surface area contributed by atoms with E-state index in [2.05, 4.69) is 85.1 Å². The number of carbonyl (C=O) groups excluding carboxylic acids is 2. The third-order valence-electron chi connectivity index (χ3n) is 16.4. The number of hydrogen-bond acceptors (Lipinski definition) is 13. The molecule has 2 aliphatic heterocycles. The van der Waals surface area contributed by atoms with Gasteiger partial charge in [-0.05, 0) is 114 Å². The molecular weight excluding hydrogens is 753 g/mol. The third kappa shape index (κ3) is 10.3. The summed E-state index contributed by atoms with van der Waals surface area (Å²) in [4.78, 5) is 39.8. The van der Waals surface area contributed by atoms with E-state index in [0.717, 1.165) is 64.6 Å². The zero-order valence-electron chi connectivity index (χ0n) is 37.8. The van der Waals surface area contributed by atoms with E-state index in [-0.39, 0.29) is 79.0 Å². The number of fused-ring (bicyclic) bond motifs is 2. The van der Waals surface area contributed by atoms with Crippen LogP contribution in [0.15, 0.2) is 0 Å². The van der Waals surface area contributed by atoms with E-state index < -0.39 is 24.2 Å². The number of hydroxylamine groups is 2. The Morgan fingerprint density at radius 2 is 1.78 bits per heavy atom. The Morgan fingerprint density at radius 1 is 1.03 bits per heavy atom. The maximum atomic E-state index is 14.4. The van der Waals surface area contributed by atoms with Crippen LogP contribution in [0.3, 0.4) is 0 Å². The number of hydrogen-bond donors (Lipinski definition) is 7. The fraction of sp³-hybridized carbons (Fsp3) is 0.955. The molecule has 340 valence electrons. The fourth-order valence-electron chi connectivity index (χ4n) is 12.7. The fourth-order valence-corrected chi connectivity index (χ4v) is 12.7. The summed E-state index contributed by atoms with van der Waals surface area (Å²) in [6.07, 6.45) is 6.09. The molecule has 0 aromatic carbocycles. The van der Waals surface area contributed by atoms with Gasteiger partial charge in [0.15, 0.2) is 0 Å². The van der Waals surface area contributed by atoms with E-state index in [1.807, 2.05) is 0 Å². The first-order valence-electron chi connectivity index (χ1n) is 23.2. The summed E-state index contributed by atoms with van der Waals surface area (Å²) in [7, 11) is 6.04. The molecule has 0 aromatic heterocycles. The van der Waals surface area contributed by atoms with E-state index in [9.17, 15) is 24.9 Å². The van der Waals surface area contributed by atoms with Crippen molar-refractivity contribution in [3.63, 3.8) is 0 Å². The van der Waals surface area contributed by atoms with Gasteiger partial charge in [-0.15, -0.1) is 0 Å². The third-order valence-corrected chi connectivity index (χ3v) is 16.4. The van der Waals surface area contributed by atoms with Crippen molar-refractivity contribution in [2.75, 3.05) is 73.7 Å². The van der Waals surface area contributed by atoms with Crippen LogP contribution in [0.2, 0.25) is 0 Å². The van der Waals surface area contributed by atoms with Gasteiger partial charge in [0.1, 0.15) is 12.1 Å². The largest absolute Gasteiger partial charge is 0.395 e. The summed E-state index contributed by atoms with van der Waals surface area (Å²) in [5.41, 5.74) is 6.62. The summed E-state index contributed by atoms with van der Waals surface area (Å²) < 4.78 is 6.45. The highest BCUT2D eigenvalue weighted by atomic mass is 16.7. The number of likely N-dealkylation sites (N-methyl/N-ethyl adjacent to an activating group) is 1. The summed E-state index contributed by atoms with van der Waals surface area (Å²) in [6, 6.07) is -0.530. The normalized spacial score (nSPS) is 39.9. The molecule has 2 bridgehead atoms. The predicted octanol–water partition coefficient (Wildman–Crippen LogP) is 1.44. The van der Waals surface area contributed by atoms with E-state index in [1.165, 1.54) is 6.42 Å². The molecule has 15 heteroatoms. The highest BCUT2D eigenvalue weighted by molar-refractivity contribution is 5.83. The Morgan fingerprint density at radius 3 is 2.37 bits per heavy atom. The standard InChI is InChI=1S/C44H82N8O7/c1-10-50(11-2)21-32(22-51-23-33(24-53)47-48-51)45-42(56)30-15-29(16-34(17-30)49(7)8)35-14-12-13-28(41(35)58-9)20-52-40(39(27(4)55)38(25-54)59-52)43(57)46-37-19-31-18-36(26(37)3)44(31,5)6/h26-41,47-48,53-55H,10-25H2,1-9H3,(H,45,56)(H,46,57)/t26-,27-,28?,29?,30?,31+,32-,33?,34?,35?,36-,37-,38-,39+,40-,41?/m0/s1. The Bertz CT molecular complexity index is 1370. The van der Waals surface area contributed by atoms with Crippen LogP contribution in [-0.4, -0.2) is 169 Å². The summed E-state index contributed by atoms with van der Waals surface area (Å²) in [5.74, 6) is 1.39. The molecule has 0 radical (unpaired) electrons. The van der Waals surface area contributed by atoms with Gasteiger partial charge < -0.3 is 40.5 Å². The number of hydrazine groups is 2. The lowest BCUT2D eigenvalue weighted by Crippen LogP contribution is -2.62. The molecule has 7 N–H and O–H groups in total. The van der Waals surface area contributed by atoms with Crippen molar-refractivity contribution in [3.05, 3.63) is 0 Å². The van der Waals surface area contributed by atoms with Crippen LogP contribution in [0.1, 0.15) is 92.9 Å². The number of carbonyl (C=O) groups is 2. The van der Waals surface area contributed by atoms with Crippen molar-refractivity contribution in [1.29, 1.82) is 0 Å². The number of amides is 2.